The topological polar surface area (TPSA) is 83.0 Å². The Kier molecular flexibility index (Phi) is 5.37. The highest BCUT2D eigenvalue weighted by Crippen LogP contribution is 2.31. The van der Waals surface area contributed by atoms with Crippen molar-refractivity contribution in [2.75, 3.05) is 13.1 Å². The summed E-state index contributed by atoms with van der Waals surface area (Å²) in [4.78, 5) is 20.1. The SMILES string of the molecule is O=c1[nH]c(-c2ccc(CNC3CCNCC3)cc2Cl)nc2c1oc1ccc(Br)cc12. The molecule has 0 spiro atoms. The van der Waals surface area contributed by atoms with Crippen molar-refractivity contribution in [3.05, 3.63) is 61.8 Å². The fourth-order valence-electron chi connectivity index (χ4n) is 3.90. The number of halogens is 2. The van der Waals surface area contributed by atoms with Crippen LogP contribution in [0, 0.1) is 0 Å². The molecule has 0 aliphatic carbocycles. The van der Waals surface area contributed by atoms with E-state index >= 15 is 0 Å². The standard InChI is InChI=1S/C22H20BrClN4O2/c23-13-2-4-18-16(10-13)19-20(30-18)22(29)28-21(27-19)15-3-1-12(9-17(15)24)11-26-14-5-7-25-8-6-14/h1-4,9-10,14,25-26H,5-8,11H2,(H,27,28,29). The van der Waals surface area contributed by atoms with Crippen LogP contribution in [0.2, 0.25) is 5.02 Å². The van der Waals surface area contributed by atoms with Crippen LogP contribution in [0.15, 0.2) is 50.1 Å². The van der Waals surface area contributed by atoms with Gasteiger partial charge < -0.3 is 20.0 Å². The van der Waals surface area contributed by atoms with Gasteiger partial charge in [0.25, 0.3) is 5.56 Å². The number of hydrogen-bond donors (Lipinski definition) is 3. The molecule has 1 aliphatic rings. The summed E-state index contributed by atoms with van der Waals surface area (Å²) in [6, 6.07) is 12.0. The summed E-state index contributed by atoms with van der Waals surface area (Å²) in [7, 11) is 0. The van der Waals surface area contributed by atoms with Crippen LogP contribution in [0.25, 0.3) is 33.5 Å². The molecule has 6 nitrogen and oxygen atoms in total. The van der Waals surface area contributed by atoms with Crippen molar-refractivity contribution in [2.24, 2.45) is 0 Å². The summed E-state index contributed by atoms with van der Waals surface area (Å²) in [6.07, 6.45) is 2.26. The lowest BCUT2D eigenvalue weighted by atomic mass is 10.1. The van der Waals surface area contributed by atoms with Gasteiger partial charge in [-0.1, -0.05) is 33.6 Å². The average Bonchev–Trinajstić information content (AvgIpc) is 3.11. The summed E-state index contributed by atoms with van der Waals surface area (Å²) >= 11 is 10.0. The number of piperidine rings is 1. The average molecular weight is 488 g/mol. The summed E-state index contributed by atoms with van der Waals surface area (Å²) in [5, 5.41) is 8.30. The Bertz CT molecular complexity index is 1290. The number of H-pyrrole nitrogens is 1. The molecule has 1 saturated heterocycles. The third kappa shape index (κ3) is 3.78. The molecule has 3 heterocycles. The van der Waals surface area contributed by atoms with E-state index in [9.17, 15) is 4.79 Å². The van der Waals surface area contributed by atoms with Gasteiger partial charge in [0.15, 0.2) is 0 Å². The van der Waals surface area contributed by atoms with Crippen molar-refractivity contribution in [2.45, 2.75) is 25.4 Å². The lowest BCUT2D eigenvalue weighted by molar-refractivity contribution is 0.386. The maximum absolute atomic E-state index is 12.6. The molecule has 2 aromatic heterocycles. The second-order valence-corrected chi connectivity index (χ2v) is 8.88. The quantitative estimate of drug-likeness (QED) is 0.392. The van der Waals surface area contributed by atoms with Gasteiger partial charge in [-0.15, -0.1) is 0 Å². The van der Waals surface area contributed by atoms with Crippen LogP contribution in [0.5, 0.6) is 0 Å². The Morgan fingerprint density at radius 3 is 2.83 bits per heavy atom. The zero-order valence-corrected chi connectivity index (χ0v) is 18.4. The van der Waals surface area contributed by atoms with E-state index < -0.39 is 0 Å². The minimum atomic E-state index is -0.324. The van der Waals surface area contributed by atoms with Crippen LogP contribution in [-0.4, -0.2) is 29.1 Å². The number of rotatable bonds is 4. The Morgan fingerprint density at radius 1 is 1.20 bits per heavy atom. The van der Waals surface area contributed by atoms with Gasteiger partial charge in [-0.2, -0.15) is 0 Å². The lowest BCUT2D eigenvalue weighted by Crippen LogP contribution is -2.39. The van der Waals surface area contributed by atoms with Crippen LogP contribution in [-0.2, 0) is 6.54 Å². The van der Waals surface area contributed by atoms with Crippen molar-refractivity contribution >= 4 is 49.6 Å². The first kappa shape index (κ1) is 19.8. The summed E-state index contributed by atoms with van der Waals surface area (Å²) in [5.41, 5.74) is 2.82. The second-order valence-electron chi connectivity index (χ2n) is 7.55. The van der Waals surface area contributed by atoms with E-state index in [1.54, 1.807) is 0 Å². The van der Waals surface area contributed by atoms with E-state index in [2.05, 4.69) is 36.5 Å². The number of fused-ring (bicyclic) bond motifs is 3. The number of hydrogen-bond acceptors (Lipinski definition) is 5. The molecule has 30 heavy (non-hydrogen) atoms. The maximum atomic E-state index is 12.6. The Morgan fingerprint density at radius 2 is 2.03 bits per heavy atom. The maximum Gasteiger partial charge on any atom is 0.294 e. The third-order valence-corrected chi connectivity index (χ3v) is 6.31. The van der Waals surface area contributed by atoms with Crippen LogP contribution < -0.4 is 16.2 Å². The van der Waals surface area contributed by atoms with Crippen molar-refractivity contribution in [3.8, 4) is 11.4 Å². The van der Waals surface area contributed by atoms with Crippen molar-refractivity contribution in [1.29, 1.82) is 0 Å². The molecule has 0 radical (unpaired) electrons. The normalized spacial score (nSPS) is 15.3. The first-order chi connectivity index (χ1) is 14.6. The van der Waals surface area contributed by atoms with Gasteiger partial charge in [0.2, 0.25) is 5.58 Å². The monoisotopic (exact) mass is 486 g/mol. The highest BCUT2D eigenvalue weighted by molar-refractivity contribution is 9.10. The molecular formula is C22H20BrClN4O2. The van der Waals surface area contributed by atoms with E-state index in [0.29, 0.717) is 33.6 Å². The van der Waals surface area contributed by atoms with Gasteiger partial charge in [-0.25, -0.2) is 4.98 Å². The third-order valence-electron chi connectivity index (χ3n) is 5.51. The van der Waals surface area contributed by atoms with Crippen LogP contribution in [0.3, 0.4) is 0 Å². The minimum Gasteiger partial charge on any atom is -0.449 e. The number of aromatic amines is 1. The lowest BCUT2D eigenvalue weighted by Gasteiger charge is -2.23. The van der Waals surface area contributed by atoms with Gasteiger partial charge in [0, 0.05) is 28.0 Å². The Balaban J connectivity index is 1.48. The molecule has 8 heteroatoms. The van der Waals surface area contributed by atoms with E-state index in [-0.39, 0.29) is 11.1 Å². The number of furan rings is 1. The van der Waals surface area contributed by atoms with Crippen molar-refractivity contribution < 1.29 is 4.42 Å². The molecule has 5 rings (SSSR count). The minimum absolute atomic E-state index is 0.214. The van der Waals surface area contributed by atoms with Crippen molar-refractivity contribution in [3.63, 3.8) is 0 Å². The highest BCUT2D eigenvalue weighted by atomic mass is 79.9. The Hall–Kier alpha value is -2.19. The van der Waals surface area contributed by atoms with E-state index in [1.165, 1.54) is 0 Å². The molecule has 0 bridgehead atoms. The summed E-state index contributed by atoms with van der Waals surface area (Å²) in [6.45, 7) is 2.87. The van der Waals surface area contributed by atoms with Crippen molar-refractivity contribution in [1.82, 2.24) is 20.6 Å². The fourth-order valence-corrected chi connectivity index (χ4v) is 4.56. The van der Waals surface area contributed by atoms with E-state index in [0.717, 1.165) is 47.9 Å². The largest absolute Gasteiger partial charge is 0.449 e. The number of aromatic nitrogens is 2. The predicted molar refractivity (Wildman–Crippen MR) is 123 cm³/mol. The first-order valence-electron chi connectivity index (χ1n) is 9.93. The molecule has 3 N–H and O–H groups in total. The molecule has 154 valence electrons. The number of nitrogens with zero attached hydrogens (tertiary/aromatic N) is 1. The first-order valence-corrected chi connectivity index (χ1v) is 11.1. The number of nitrogens with one attached hydrogen (secondary N) is 3. The van der Waals surface area contributed by atoms with Gasteiger partial charge in [-0.05, 0) is 61.8 Å². The van der Waals surface area contributed by atoms with E-state index in [4.69, 9.17) is 16.0 Å². The molecule has 1 aliphatic heterocycles. The summed E-state index contributed by atoms with van der Waals surface area (Å²) in [5.74, 6) is 0.429. The molecule has 1 fully saturated rings. The zero-order chi connectivity index (χ0) is 20.7. The van der Waals surface area contributed by atoms with Crippen LogP contribution in [0.4, 0.5) is 0 Å². The molecule has 0 amide bonds. The highest BCUT2D eigenvalue weighted by Gasteiger charge is 2.16. The molecule has 0 atom stereocenters. The predicted octanol–water partition coefficient (Wildman–Crippen LogP) is 4.59. The Labute approximate surface area is 186 Å². The van der Waals surface area contributed by atoms with E-state index in [1.807, 2.05) is 36.4 Å². The van der Waals surface area contributed by atoms with Crippen LogP contribution >= 0.6 is 27.5 Å². The zero-order valence-electron chi connectivity index (χ0n) is 16.1. The molecular weight excluding hydrogens is 468 g/mol. The van der Waals surface area contributed by atoms with Gasteiger partial charge in [0.1, 0.15) is 16.9 Å². The van der Waals surface area contributed by atoms with Gasteiger partial charge in [0.05, 0.1) is 5.02 Å². The van der Waals surface area contributed by atoms with Gasteiger partial charge in [-0.3, -0.25) is 4.79 Å². The molecule has 0 unspecified atom stereocenters. The number of benzene rings is 2. The fraction of sp³-hybridized carbons (Fsp3) is 0.273. The summed E-state index contributed by atoms with van der Waals surface area (Å²) < 4.78 is 6.59. The molecule has 2 aromatic carbocycles. The van der Waals surface area contributed by atoms with Crippen LogP contribution in [0.1, 0.15) is 18.4 Å². The van der Waals surface area contributed by atoms with Gasteiger partial charge >= 0.3 is 0 Å². The molecule has 4 aromatic rings. The molecule has 0 saturated carbocycles. The smallest absolute Gasteiger partial charge is 0.294 e. The second kappa shape index (κ2) is 8.15.